The van der Waals surface area contributed by atoms with Gasteiger partial charge in [0.2, 0.25) is 0 Å². The molecular weight excluding hydrogens is 265 g/mol. The molecule has 0 spiro atoms. The Morgan fingerprint density at radius 3 is 3.25 bits per heavy atom. The lowest BCUT2D eigenvalue weighted by Gasteiger charge is -2.09. The van der Waals surface area contributed by atoms with Crippen molar-refractivity contribution >= 4 is 5.97 Å². The fourth-order valence-corrected chi connectivity index (χ4v) is 2.17. The Bertz CT molecular complexity index is 656. The number of aromatic nitrogens is 3. The number of esters is 1. The van der Waals surface area contributed by atoms with Crippen molar-refractivity contribution < 1.29 is 18.7 Å². The summed E-state index contributed by atoms with van der Waals surface area (Å²) in [7, 11) is 1.27. The molecule has 6 nitrogen and oxygen atoms in total. The smallest absolute Gasteiger partial charge is 0.377 e. The van der Waals surface area contributed by atoms with Gasteiger partial charge in [0.25, 0.3) is 5.82 Å². The molecule has 0 fully saturated rings. The lowest BCUT2D eigenvalue weighted by Crippen LogP contribution is -2.21. The minimum Gasteiger partial charge on any atom is -0.488 e. The van der Waals surface area contributed by atoms with E-state index in [1.165, 1.54) is 30.3 Å². The fraction of sp³-hybridized carbons (Fsp3) is 0.308. The monoisotopic (exact) mass is 277 g/mol. The largest absolute Gasteiger partial charge is 0.488 e. The van der Waals surface area contributed by atoms with Gasteiger partial charge in [-0.1, -0.05) is 0 Å². The summed E-state index contributed by atoms with van der Waals surface area (Å²) in [5, 5.41) is 4.00. The number of methoxy groups -OCH3 is 1. The summed E-state index contributed by atoms with van der Waals surface area (Å²) in [6, 6.07) is 4.45. The molecule has 104 valence electrons. The van der Waals surface area contributed by atoms with Gasteiger partial charge in [0.15, 0.2) is 0 Å². The average molecular weight is 277 g/mol. The van der Waals surface area contributed by atoms with Gasteiger partial charge in [-0.15, -0.1) is 5.10 Å². The molecule has 0 saturated carbocycles. The number of hydrogen-bond donors (Lipinski definition) is 0. The molecule has 0 aliphatic carbocycles. The summed E-state index contributed by atoms with van der Waals surface area (Å²) in [5.41, 5.74) is 0.836. The van der Waals surface area contributed by atoms with Crippen LogP contribution in [-0.2, 0) is 17.7 Å². The van der Waals surface area contributed by atoms with Crippen molar-refractivity contribution in [2.45, 2.75) is 19.1 Å². The number of benzene rings is 1. The number of nitrogens with zero attached hydrogens (tertiary/aromatic N) is 3. The van der Waals surface area contributed by atoms with Crippen LogP contribution >= 0.6 is 0 Å². The Morgan fingerprint density at radius 1 is 1.60 bits per heavy atom. The van der Waals surface area contributed by atoms with E-state index in [0.29, 0.717) is 18.7 Å². The zero-order chi connectivity index (χ0) is 14.1. The Labute approximate surface area is 114 Å². The molecular formula is C13H12FN3O3. The van der Waals surface area contributed by atoms with Gasteiger partial charge in [-0.05, 0) is 18.2 Å². The number of ether oxygens (including phenoxy) is 2. The molecule has 3 rings (SSSR count). The Hall–Kier alpha value is -2.44. The predicted octanol–water partition coefficient (Wildman–Crippen LogP) is 1.21. The van der Waals surface area contributed by atoms with Gasteiger partial charge >= 0.3 is 5.97 Å². The van der Waals surface area contributed by atoms with Crippen molar-refractivity contribution in [3.63, 3.8) is 0 Å². The van der Waals surface area contributed by atoms with Crippen LogP contribution in [0.4, 0.5) is 4.39 Å². The third-order valence-electron chi connectivity index (χ3n) is 3.06. The van der Waals surface area contributed by atoms with Crippen molar-refractivity contribution in [3.8, 4) is 5.75 Å². The molecule has 2 aromatic rings. The zero-order valence-electron chi connectivity index (χ0n) is 10.7. The molecule has 0 amide bonds. The van der Waals surface area contributed by atoms with E-state index < -0.39 is 5.97 Å². The molecule has 0 bridgehead atoms. The van der Waals surface area contributed by atoms with Crippen LogP contribution in [0.5, 0.6) is 5.75 Å². The van der Waals surface area contributed by atoms with E-state index in [9.17, 15) is 9.18 Å². The second-order valence-electron chi connectivity index (χ2n) is 4.48. The van der Waals surface area contributed by atoms with Gasteiger partial charge in [0, 0.05) is 12.0 Å². The fourth-order valence-electron chi connectivity index (χ4n) is 2.17. The van der Waals surface area contributed by atoms with Gasteiger partial charge in [-0.3, -0.25) is 0 Å². The van der Waals surface area contributed by atoms with Gasteiger partial charge in [-0.2, -0.15) is 0 Å². The van der Waals surface area contributed by atoms with Crippen LogP contribution in [0.1, 0.15) is 16.2 Å². The first-order valence-electron chi connectivity index (χ1n) is 6.08. The first-order chi connectivity index (χ1) is 9.65. The second-order valence-corrected chi connectivity index (χ2v) is 4.48. The molecule has 1 aromatic heterocycles. The number of hydrogen-bond acceptors (Lipinski definition) is 5. The number of carbonyl (C=O) groups excluding carboxylic acids is 1. The lowest BCUT2D eigenvalue weighted by atomic mass is 10.1. The van der Waals surface area contributed by atoms with Crippen molar-refractivity contribution in [2.24, 2.45) is 0 Å². The maximum absolute atomic E-state index is 13.1. The molecule has 0 N–H and O–H groups in total. The van der Waals surface area contributed by atoms with E-state index in [-0.39, 0.29) is 17.7 Å². The quantitative estimate of drug-likeness (QED) is 0.789. The number of fused-ring (bicyclic) bond motifs is 1. The van der Waals surface area contributed by atoms with E-state index in [1.54, 1.807) is 6.07 Å². The molecule has 1 aliphatic heterocycles. The SMILES string of the molecule is COC(=O)c1ncn(CC2Cc3cc(F)ccc3O2)n1. The van der Waals surface area contributed by atoms with E-state index >= 15 is 0 Å². The number of carbonyl (C=O) groups is 1. The molecule has 0 radical (unpaired) electrons. The lowest BCUT2D eigenvalue weighted by molar-refractivity contribution is 0.0586. The van der Waals surface area contributed by atoms with Crippen LogP contribution in [0.2, 0.25) is 0 Å². The minimum absolute atomic E-state index is 0.00838. The van der Waals surface area contributed by atoms with Crippen molar-refractivity contribution in [1.29, 1.82) is 0 Å². The summed E-state index contributed by atoms with van der Waals surface area (Å²) in [6.07, 6.45) is 1.89. The first kappa shape index (κ1) is 12.6. The normalized spacial score (nSPS) is 16.6. The number of halogens is 1. The third kappa shape index (κ3) is 2.34. The third-order valence-corrected chi connectivity index (χ3v) is 3.06. The van der Waals surface area contributed by atoms with E-state index in [0.717, 1.165) is 5.56 Å². The maximum Gasteiger partial charge on any atom is 0.377 e. The standard InChI is InChI=1S/C13H12FN3O3/c1-19-13(18)12-15-7-17(16-12)6-10-5-8-4-9(14)2-3-11(8)20-10/h2-4,7,10H,5-6H2,1H3. The van der Waals surface area contributed by atoms with E-state index in [2.05, 4.69) is 14.8 Å². The van der Waals surface area contributed by atoms with Crippen molar-refractivity contribution in [1.82, 2.24) is 14.8 Å². The van der Waals surface area contributed by atoms with Crippen molar-refractivity contribution in [3.05, 3.63) is 41.7 Å². The second kappa shape index (κ2) is 4.92. The zero-order valence-corrected chi connectivity index (χ0v) is 10.7. The van der Waals surface area contributed by atoms with Crippen LogP contribution in [0.25, 0.3) is 0 Å². The van der Waals surface area contributed by atoms with Crippen LogP contribution in [0.15, 0.2) is 24.5 Å². The molecule has 1 aromatic carbocycles. The molecule has 1 unspecified atom stereocenters. The highest BCUT2D eigenvalue weighted by Crippen LogP contribution is 2.29. The highest BCUT2D eigenvalue weighted by molar-refractivity contribution is 5.84. The Morgan fingerprint density at radius 2 is 2.45 bits per heavy atom. The number of rotatable bonds is 3. The minimum atomic E-state index is -0.582. The molecule has 2 heterocycles. The summed E-state index contributed by atoms with van der Waals surface area (Å²) in [5.74, 6) is -0.165. The summed E-state index contributed by atoms with van der Waals surface area (Å²) < 4.78 is 24.8. The topological polar surface area (TPSA) is 66.2 Å². The van der Waals surface area contributed by atoms with E-state index in [4.69, 9.17) is 4.74 Å². The Kier molecular flexibility index (Phi) is 3.09. The summed E-state index contributed by atoms with van der Waals surface area (Å²) >= 11 is 0. The average Bonchev–Trinajstić information content (AvgIpc) is 3.04. The predicted molar refractivity (Wildman–Crippen MR) is 65.9 cm³/mol. The van der Waals surface area contributed by atoms with Crippen LogP contribution < -0.4 is 4.74 Å². The van der Waals surface area contributed by atoms with Gasteiger partial charge in [-0.25, -0.2) is 18.9 Å². The van der Waals surface area contributed by atoms with Crippen molar-refractivity contribution in [2.75, 3.05) is 7.11 Å². The van der Waals surface area contributed by atoms with E-state index in [1.807, 2.05) is 0 Å². The first-order valence-corrected chi connectivity index (χ1v) is 6.08. The van der Waals surface area contributed by atoms with Gasteiger partial charge in [0.1, 0.15) is 24.0 Å². The molecule has 1 aliphatic rings. The maximum atomic E-state index is 13.1. The highest BCUT2D eigenvalue weighted by Gasteiger charge is 2.24. The molecule has 0 saturated heterocycles. The summed E-state index contributed by atoms with van der Waals surface area (Å²) in [6.45, 7) is 0.431. The summed E-state index contributed by atoms with van der Waals surface area (Å²) in [4.78, 5) is 15.1. The molecule has 7 heteroatoms. The van der Waals surface area contributed by atoms with Gasteiger partial charge < -0.3 is 9.47 Å². The van der Waals surface area contributed by atoms with Gasteiger partial charge in [0.05, 0.1) is 13.7 Å². The molecule has 1 atom stereocenters. The Balaban J connectivity index is 1.68. The highest BCUT2D eigenvalue weighted by atomic mass is 19.1. The van der Waals surface area contributed by atoms with Crippen LogP contribution in [0.3, 0.4) is 0 Å². The van der Waals surface area contributed by atoms with Crippen LogP contribution in [0, 0.1) is 5.82 Å². The van der Waals surface area contributed by atoms with Crippen LogP contribution in [-0.4, -0.2) is 33.9 Å². The molecule has 20 heavy (non-hydrogen) atoms.